The zero-order chi connectivity index (χ0) is 13.9. The van der Waals surface area contributed by atoms with Crippen LogP contribution < -0.4 is 15.2 Å². The van der Waals surface area contributed by atoms with Gasteiger partial charge in [-0.15, -0.1) is 0 Å². The molecule has 3 rings (SSSR count). The number of nitrogens with two attached hydrogens (primary N) is 1. The van der Waals surface area contributed by atoms with Crippen LogP contribution in [-0.4, -0.2) is 7.11 Å². The second-order valence-electron chi connectivity index (χ2n) is 5.15. The fourth-order valence-corrected chi connectivity index (χ4v) is 2.68. The SMILES string of the molecule is COc1ccc(OCc2ccc3c(c2)CCC3)cc1N. The van der Waals surface area contributed by atoms with Crippen LogP contribution in [0.2, 0.25) is 0 Å². The molecular weight excluding hydrogens is 250 g/mol. The first kappa shape index (κ1) is 12.9. The molecule has 0 amide bonds. The van der Waals surface area contributed by atoms with Gasteiger partial charge in [0.2, 0.25) is 0 Å². The van der Waals surface area contributed by atoms with E-state index < -0.39 is 0 Å². The summed E-state index contributed by atoms with van der Waals surface area (Å²) in [5.41, 5.74) is 10.6. The van der Waals surface area contributed by atoms with E-state index in [1.54, 1.807) is 13.2 Å². The topological polar surface area (TPSA) is 44.5 Å². The molecule has 0 aliphatic heterocycles. The van der Waals surface area contributed by atoms with Crippen LogP contribution in [0.1, 0.15) is 23.1 Å². The van der Waals surface area contributed by atoms with E-state index in [-0.39, 0.29) is 0 Å². The van der Waals surface area contributed by atoms with Gasteiger partial charge in [0.25, 0.3) is 0 Å². The van der Waals surface area contributed by atoms with Gasteiger partial charge in [-0.25, -0.2) is 0 Å². The Morgan fingerprint density at radius 3 is 2.70 bits per heavy atom. The molecule has 0 fully saturated rings. The Bertz CT molecular complexity index is 622. The van der Waals surface area contributed by atoms with Crippen LogP contribution in [0.5, 0.6) is 11.5 Å². The van der Waals surface area contributed by atoms with E-state index in [0.29, 0.717) is 18.0 Å². The summed E-state index contributed by atoms with van der Waals surface area (Å²) in [6.45, 7) is 0.569. The van der Waals surface area contributed by atoms with Crippen LogP contribution in [0.3, 0.4) is 0 Å². The Hall–Kier alpha value is -2.16. The van der Waals surface area contributed by atoms with Crippen molar-refractivity contribution in [3.05, 3.63) is 53.1 Å². The lowest BCUT2D eigenvalue weighted by molar-refractivity contribution is 0.305. The first-order valence-electron chi connectivity index (χ1n) is 6.93. The second-order valence-corrected chi connectivity index (χ2v) is 5.15. The largest absolute Gasteiger partial charge is 0.495 e. The number of nitrogen functional groups attached to an aromatic ring is 1. The van der Waals surface area contributed by atoms with Crippen LogP contribution >= 0.6 is 0 Å². The maximum absolute atomic E-state index is 5.87. The molecule has 0 atom stereocenters. The van der Waals surface area contributed by atoms with Crippen molar-refractivity contribution in [3.63, 3.8) is 0 Å². The van der Waals surface area contributed by atoms with Crippen molar-refractivity contribution < 1.29 is 9.47 Å². The number of fused-ring (bicyclic) bond motifs is 1. The van der Waals surface area contributed by atoms with Gasteiger partial charge in [0.15, 0.2) is 0 Å². The van der Waals surface area contributed by atoms with Gasteiger partial charge in [-0.2, -0.15) is 0 Å². The van der Waals surface area contributed by atoms with E-state index in [0.717, 1.165) is 5.75 Å². The minimum Gasteiger partial charge on any atom is -0.495 e. The summed E-state index contributed by atoms with van der Waals surface area (Å²) in [5.74, 6) is 1.44. The van der Waals surface area contributed by atoms with Crippen molar-refractivity contribution in [2.24, 2.45) is 0 Å². The molecular formula is C17H19NO2. The molecule has 0 saturated carbocycles. The molecule has 0 aromatic heterocycles. The Morgan fingerprint density at radius 2 is 1.90 bits per heavy atom. The lowest BCUT2D eigenvalue weighted by atomic mass is 10.1. The van der Waals surface area contributed by atoms with E-state index in [9.17, 15) is 0 Å². The van der Waals surface area contributed by atoms with Gasteiger partial charge in [0, 0.05) is 6.07 Å². The molecule has 2 N–H and O–H groups in total. The zero-order valence-corrected chi connectivity index (χ0v) is 11.7. The van der Waals surface area contributed by atoms with Crippen molar-refractivity contribution in [1.29, 1.82) is 0 Å². The number of benzene rings is 2. The highest BCUT2D eigenvalue weighted by Crippen LogP contribution is 2.27. The Balaban J connectivity index is 1.69. The van der Waals surface area contributed by atoms with Crippen LogP contribution in [0.15, 0.2) is 36.4 Å². The molecule has 0 radical (unpaired) electrons. The molecule has 3 heteroatoms. The standard InChI is InChI=1S/C17H19NO2/c1-19-17-8-7-15(10-16(17)18)20-11-12-5-6-13-3-2-4-14(13)9-12/h5-10H,2-4,11,18H2,1H3. The van der Waals surface area contributed by atoms with E-state index in [1.807, 2.05) is 12.1 Å². The van der Waals surface area contributed by atoms with Crippen LogP contribution in [0.25, 0.3) is 0 Å². The van der Waals surface area contributed by atoms with Gasteiger partial charge < -0.3 is 15.2 Å². The van der Waals surface area contributed by atoms with Crippen molar-refractivity contribution in [1.82, 2.24) is 0 Å². The Labute approximate surface area is 119 Å². The summed E-state index contributed by atoms with van der Waals surface area (Å²) in [6.07, 6.45) is 3.68. The monoisotopic (exact) mass is 269 g/mol. The molecule has 3 nitrogen and oxygen atoms in total. The Morgan fingerprint density at radius 1 is 1.05 bits per heavy atom. The van der Waals surface area contributed by atoms with E-state index >= 15 is 0 Å². The zero-order valence-electron chi connectivity index (χ0n) is 11.7. The highest BCUT2D eigenvalue weighted by atomic mass is 16.5. The minimum absolute atomic E-state index is 0.569. The summed E-state index contributed by atoms with van der Waals surface area (Å²) < 4.78 is 10.9. The maximum Gasteiger partial charge on any atom is 0.142 e. The molecule has 2 aromatic rings. The van der Waals surface area contributed by atoms with Gasteiger partial charge >= 0.3 is 0 Å². The third-order valence-corrected chi connectivity index (χ3v) is 3.77. The molecule has 0 saturated heterocycles. The summed E-state index contributed by atoms with van der Waals surface area (Å²) in [6, 6.07) is 12.1. The fourth-order valence-electron chi connectivity index (χ4n) is 2.68. The van der Waals surface area contributed by atoms with Gasteiger partial charge in [0.1, 0.15) is 18.1 Å². The molecule has 0 heterocycles. The van der Waals surface area contributed by atoms with Gasteiger partial charge in [-0.05, 0) is 48.1 Å². The highest BCUT2D eigenvalue weighted by molar-refractivity contribution is 5.56. The highest BCUT2D eigenvalue weighted by Gasteiger charge is 2.11. The fraction of sp³-hybridized carbons (Fsp3) is 0.294. The van der Waals surface area contributed by atoms with Crippen molar-refractivity contribution in [3.8, 4) is 11.5 Å². The van der Waals surface area contributed by atoms with Crippen molar-refractivity contribution in [2.75, 3.05) is 12.8 Å². The molecule has 1 aliphatic rings. The summed E-state index contributed by atoms with van der Waals surface area (Å²) in [7, 11) is 1.61. The van der Waals surface area contributed by atoms with E-state index in [2.05, 4.69) is 18.2 Å². The quantitative estimate of drug-likeness (QED) is 0.866. The van der Waals surface area contributed by atoms with E-state index in [4.69, 9.17) is 15.2 Å². The van der Waals surface area contributed by atoms with Gasteiger partial charge in [0.05, 0.1) is 12.8 Å². The molecule has 20 heavy (non-hydrogen) atoms. The molecule has 2 aromatic carbocycles. The number of anilines is 1. The van der Waals surface area contributed by atoms with Crippen LogP contribution in [0.4, 0.5) is 5.69 Å². The predicted octanol–water partition coefficient (Wildman–Crippen LogP) is 3.35. The molecule has 0 spiro atoms. The number of methoxy groups -OCH3 is 1. The van der Waals surface area contributed by atoms with Crippen molar-refractivity contribution in [2.45, 2.75) is 25.9 Å². The number of hydrogen-bond donors (Lipinski definition) is 1. The molecule has 104 valence electrons. The minimum atomic E-state index is 0.569. The summed E-state index contributed by atoms with van der Waals surface area (Å²) in [4.78, 5) is 0. The predicted molar refractivity (Wildman–Crippen MR) is 80.2 cm³/mol. The van der Waals surface area contributed by atoms with Gasteiger partial charge in [-0.3, -0.25) is 0 Å². The van der Waals surface area contributed by atoms with Crippen LogP contribution in [-0.2, 0) is 19.4 Å². The summed E-state index contributed by atoms with van der Waals surface area (Å²) >= 11 is 0. The van der Waals surface area contributed by atoms with Gasteiger partial charge in [-0.1, -0.05) is 18.2 Å². The number of hydrogen-bond acceptors (Lipinski definition) is 3. The normalized spacial score (nSPS) is 13.1. The van der Waals surface area contributed by atoms with Crippen molar-refractivity contribution >= 4 is 5.69 Å². The molecule has 0 unspecified atom stereocenters. The number of aryl methyl sites for hydroxylation is 2. The third-order valence-electron chi connectivity index (χ3n) is 3.77. The lowest BCUT2D eigenvalue weighted by Gasteiger charge is -2.10. The van der Waals surface area contributed by atoms with E-state index in [1.165, 1.54) is 36.0 Å². The average molecular weight is 269 g/mol. The first-order valence-corrected chi connectivity index (χ1v) is 6.93. The smallest absolute Gasteiger partial charge is 0.142 e. The first-order chi connectivity index (χ1) is 9.76. The molecule has 1 aliphatic carbocycles. The third kappa shape index (κ3) is 2.57. The number of ether oxygens (including phenoxy) is 2. The molecule has 0 bridgehead atoms. The number of rotatable bonds is 4. The average Bonchev–Trinajstić information content (AvgIpc) is 2.92. The summed E-state index contributed by atoms with van der Waals surface area (Å²) in [5, 5.41) is 0. The second kappa shape index (κ2) is 5.45. The Kier molecular flexibility index (Phi) is 3.50. The van der Waals surface area contributed by atoms with Crippen LogP contribution in [0, 0.1) is 0 Å². The maximum atomic E-state index is 5.87. The lowest BCUT2D eigenvalue weighted by Crippen LogP contribution is -1.98.